The summed E-state index contributed by atoms with van der Waals surface area (Å²) in [5, 5.41) is 10.7. The van der Waals surface area contributed by atoms with Gasteiger partial charge in [0.1, 0.15) is 0 Å². The number of hydrogen-bond donors (Lipinski definition) is 2. The molecule has 0 saturated heterocycles. The van der Waals surface area contributed by atoms with E-state index in [0.29, 0.717) is 17.9 Å². The second-order valence-corrected chi connectivity index (χ2v) is 5.56. The monoisotopic (exact) mass is 307 g/mol. The lowest BCUT2D eigenvalue weighted by atomic mass is 10.1. The van der Waals surface area contributed by atoms with Crippen molar-refractivity contribution in [2.45, 2.75) is 32.7 Å². The number of thiophene rings is 1. The summed E-state index contributed by atoms with van der Waals surface area (Å²) >= 11 is 1.71. The largest absolute Gasteiger partial charge is 0.467 e. The molecule has 2 N–H and O–H groups in total. The van der Waals surface area contributed by atoms with E-state index in [9.17, 15) is 0 Å². The zero-order chi connectivity index (χ0) is 15.1. The Bertz CT molecular complexity index is 546. The van der Waals surface area contributed by atoms with Crippen molar-refractivity contribution in [3.05, 3.63) is 22.4 Å². The summed E-state index contributed by atoms with van der Waals surface area (Å²) in [4.78, 5) is 12.8. The number of ether oxygens (including phenoxy) is 1. The number of nitrogens with zero attached hydrogens (tertiary/aromatic N) is 3. The van der Waals surface area contributed by atoms with Crippen LogP contribution in [-0.4, -0.2) is 34.6 Å². The maximum atomic E-state index is 5.12. The Morgan fingerprint density at radius 3 is 2.76 bits per heavy atom. The Morgan fingerprint density at radius 1 is 1.29 bits per heavy atom. The van der Waals surface area contributed by atoms with Crippen molar-refractivity contribution >= 4 is 23.2 Å². The highest BCUT2D eigenvalue weighted by atomic mass is 32.1. The minimum absolute atomic E-state index is 0.228. The fourth-order valence-electron chi connectivity index (χ4n) is 1.86. The molecule has 0 aliphatic carbocycles. The first kappa shape index (κ1) is 15.5. The second-order valence-electron chi connectivity index (χ2n) is 4.78. The van der Waals surface area contributed by atoms with Crippen molar-refractivity contribution in [2.75, 3.05) is 24.3 Å². The third kappa shape index (κ3) is 4.86. The molecule has 6 nitrogen and oxygen atoms in total. The quantitative estimate of drug-likeness (QED) is 0.781. The molecule has 2 rings (SSSR count). The SMILES string of the molecule is CCCNc1nc(NC(C)Cc2ccsc2)nc(OC)n1. The highest BCUT2D eigenvalue weighted by molar-refractivity contribution is 7.07. The van der Waals surface area contributed by atoms with Gasteiger partial charge in [-0.15, -0.1) is 0 Å². The highest BCUT2D eigenvalue weighted by Crippen LogP contribution is 2.14. The second kappa shape index (κ2) is 7.78. The Hall–Kier alpha value is -1.89. The maximum Gasteiger partial charge on any atom is 0.322 e. The van der Waals surface area contributed by atoms with Crippen LogP contribution < -0.4 is 15.4 Å². The number of anilines is 2. The van der Waals surface area contributed by atoms with Crippen LogP contribution in [0.1, 0.15) is 25.8 Å². The first-order valence-electron chi connectivity index (χ1n) is 7.02. The molecule has 0 spiro atoms. The van der Waals surface area contributed by atoms with E-state index in [1.165, 1.54) is 5.56 Å². The van der Waals surface area contributed by atoms with Crippen LogP contribution in [0, 0.1) is 0 Å². The van der Waals surface area contributed by atoms with Gasteiger partial charge in [-0.25, -0.2) is 0 Å². The molecule has 21 heavy (non-hydrogen) atoms. The van der Waals surface area contributed by atoms with Crippen LogP contribution in [0.25, 0.3) is 0 Å². The van der Waals surface area contributed by atoms with E-state index in [1.807, 2.05) is 0 Å². The Labute approximate surface area is 129 Å². The lowest BCUT2D eigenvalue weighted by Gasteiger charge is -2.14. The van der Waals surface area contributed by atoms with E-state index in [4.69, 9.17) is 4.74 Å². The molecule has 2 heterocycles. The van der Waals surface area contributed by atoms with Gasteiger partial charge < -0.3 is 15.4 Å². The average molecular weight is 307 g/mol. The van der Waals surface area contributed by atoms with Crippen LogP contribution in [0.4, 0.5) is 11.9 Å². The molecule has 0 aliphatic rings. The van der Waals surface area contributed by atoms with Gasteiger partial charge in [0.05, 0.1) is 7.11 Å². The molecular weight excluding hydrogens is 286 g/mol. The molecule has 7 heteroatoms. The minimum Gasteiger partial charge on any atom is -0.467 e. The van der Waals surface area contributed by atoms with Crippen molar-refractivity contribution < 1.29 is 4.74 Å². The number of nitrogens with one attached hydrogen (secondary N) is 2. The van der Waals surface area contributed by atoms with Gasteiger partial charge in [-0.05, 0) is 42.2 Å². The fourth-order valence-corrected chi connectivity index (χ4v) is 2.54. The van der Waals surface area contributed by atoms with Gasteiger partial charge in [-0.3, -0.25) is 0 Å². The van der Waals surface area contributed by atoms with Crippen LogP contribution in [0.3, 0.4) is 0 Å². The number of hydrogen-bond acceptors (Lipinski definition) is 7. The van der Waals surface area contributed by atoms with Crippen molar-refractivity contribution in [3.63, 3.8) is 0 Å². The summed E-state index contributed by atoms with van der Waals surface area (Å²) in [7, 11) is 1.55. The lowest BCUT2D eigenvalue weighted by molar-refractivity contribution is 0.379. The average Bonchev–Trinajstić information content (AvgIpc) is 2.97. The summed E-state index contributed by atoms with van der Waals surface area (Å²) < 4.78 is 5.12. The summed E-state index contributed by atoms with van der Waals surface area (Å²) in [6.07, 6.45) is 1.93. The molecule has 114 valence electrons. The van der Waals surface area contributed by atoms with Crippen molar-refractivity contribution in [2.24, 2.45) is 0 Å². The molecule has 0 bridgehead atoms. The first-order valence-corrected chi connectivity index (χ1v) is 7.97. The van der Waals surface area contributed by atoms with E-state index >= 15 is 0 Å². The Morgan fingerprint density at radius 2 is 2.10 bits per heavy atom. The van der Waals surface area contributed by atoms with Crippen LogP contribution in [-0.2, 0) is 6.42 Å². The summed E-state index contributed by atoms with van der Waals surface area (Å²) in [6.45, 7) is 5.01. The predicted molar refractivity (Wildman–Crippen MR) is 86.3 cm³/mol. The van der Waals surface area contributed by atoms with Crippen molar-refractivity contribution in [1.82, 2.24) is 15.0 Å². The molecule has 1 atom stereocenters. The van der Waals surface area contributed by atoms with Gasteiger partial charge in [0.2, 0.25) is 11.9 Å². The zero-order valence-corrected chi connectivity index (χ0v) is 13.4. The summed E-state index contributed by atoms with van der Waals surface area (Å²) in [6, 6.07) is 2.67. The molecule has 2 aromatic heterocycles. The van der Waals surface area contributed by atoms with Gasteiger partial charge in [-0.2, -0.15) is 26.3 Å². The molecule has 0 amide bonds. The molecule has 1 unspecified atom stereocenters. The van der Waals surface area contributed by atoms with Gasteiger partial charge in [0.15, 0.2) is 0 Å². The smallest absolute Gasteiger partial charge is 0.322 e. The third-order valence-electron chi connectivity index (χ3n) is 2.83. The van der Waals surface area contributed by atoms with Crippen LogP contribution in [0.15, 0.2) is 16.8 Å². The summed E-state index contributed by atoms with van der Waals surface area (Å²) in [5.41, 5.74) is 1.31. The van der Waals surface area contributed by atoms with Gasteiger partial charge >= 0.3 is 6.01 Å². The normalized spacial score (nSPS) is 12.0. The number of aromatic nitrogens is 3. The first-order chi connectivity index (χ1) is 10.2. The van der Waals surface area contributed by atoms with E-state index in [1.54, 1.807) is 18.4 Å². The highest BCUT2D eigenvalue weighted by Gasteiger charge is 2.10. The lowest BCUT2D eigenvalue weighted by Crippen LogP contribution is -2.20. The Balaban J connectivity index is 2.03. The van der Waals surface area contributed by atoms with Gasteiger partial charge in [0.25, 0.3) is 0 Å². The van der Waals surface area contributed by atoms with E-state index in [2.05, 4.69) is 56.3 Å². The van der Waals surface area contributed by atoms with Crippen LogP contribution in [0.5, 0.6) is 6.01 Å². The van der Waals surface area contributed by atoms with Crippen molar-refractivity contribution in [3.8, 4) is 6.01 Å². The molecule has 0 aliphatic heterocycles. The molecule has 0 radical (unpaired) electrons. The standard InChI is InChI=1S/C14H21N5OS/c1-4-6-15-12-17-13(19-14(18-12)20-3)16-10(2)8-11-5-7-21-9-11/h5,7,9-10H,4,6,8H2,1-3H3,(H2,15,16,17,18,19). The van der Waals surface area contributed by atoms with E-state index in [0.717, 1.165) is 19.4 Å². The van der Waals surface area contributed by atoms with Crippen LogP contribution in [0.2, 0.25) is 0 Å². The molecule has 0 fully saturated rings. The third-order valence-corrected chi connectivity index (χ3v) is 3.56. The van der Waals surface area contributed by atoms with Crippen molar-refractivity contribution in [1.29, 1.82) is 0 Å². The molecule has 0 aromatic carbocycles. The molecular formula is C14H21N5OS. The van der Waals surface area contributed by atoms with Gasteiger partial charge in [0, 0.05) is 12.6 Å². The fraction of sp³-hybridized carbons (Fsp3) is 0.500. The maximum absolute atomic E-state index is 5.12. The predicted octanol–water partition coefficient (Wildman–Crippen LogP) is 2.81. The topological polar surface area (TPSA) is 72.0 Å². The molecule has 2 aromatic rings. The molecule has 0 saturated carbocycles. The Kier molecular flexibility index (Phi) is 5.74. The number of methoxy groups -OCH3 is 1. The zero-order valence-electron chi connectivity index (χ0n) is 12.6. The summed E-state index contributed by atoms with van der Waals surface area (Å²) in [5.74, 6) is 1.07. The van der Waals surface area contributed by atoms with E-state index in [-0.39, 0.29) is 6.04 Å². The van der Waals surface area contributed by atoms with Gasteiger partial charge in [-0.1, -0.05) is 6.92 Å². The van der Waals surface area contributed by atoms with Crippen LogP contribution >= 0.6 is 11.3 Å². The van der Waals surface area contributed by atoms with E-state index < -0.39 is 0 Å². The number of rotatable bonds is 8. The minimum atomic E-state index is 0.228.